The summed E-state index contributed by atoms with van der Waals surface area (Å²) < 4.78 is 0. The molecule has 1 aromatic rings. The molecule has 0 radical (unpaired) electrons. The first-order valence-electron chi connectivity index (χ1n) is 16.6. The molecule has 45 heavy (non-hydrogen) atoms. The van der Waals surface area contributed by atoms with Crippen molar-refractivity contribution in [1.29, 1.82) is 0 Å². The minimum atomic E-state index is -0.733. The number of rotatable bonds is 11. The molecule has 3 unspecified atom stereocenters. The Bertz CT molecular complexity index is 1210. The van der Waals surface area contributed by atoms with E-state index in [0.717, 1.165) is 37.8 Å². The van der Waals surface area contributed by atoms with Gasteiger partial charge in [-0.1, -0.05) is 47.1 Å². The molecule has 2 aliphatic heterocycles. The quantitative estimate of drug-likeness (QED) is 0.361. The second-order valence-electron chi connectivity index (χ2n) is 14.4. The second kappa shape index (κ2) is 15.8. The molecule has 3 heterocycles. The SMILES string of the molecule is C/C(=C\[C@H](C(C)C)N(C)C(=O)C(NC(=O)C1CCCCN1C(C)C)C(C)(C)C)C(=O)N1CCCC1C(=O)NCc1ccncc1. The number of hydrogen-bond acceptors (Lipinski definition) is 6. The number of piperidine rings is 1. The normalized spacial score (nSPS) is 21.0. The van der Waals surface area contributed by atoms with Crippen LogP contribution in [0.3, 0.4) is 0 Å². The van der Waals surface area contributed by atoms with Crippen molar-refractivity contribution < 1.29 is 19.2 Å². The average molecular weight is 625 g/mol. The highest BCUT2D eigenvalue weighted by atomic mass is 16.2. The number of carbonyl (C=O) groups excluding carboxylic acids is 4. The average Bonchev–Trinajstić information content (AvgIpc) is 3.50. The van der Waals surface area contributed by atoms with Gasteiger partial charge in [-0.15, -0.1) is 0 Å². The lowest BCUT2D eigenvalue weighted by atomic mass is 9.84. The molecule has 4 amide bonds. The third-order valence-corrected chi connectivity index (χ3v) is 9.18. The fourth-order valence-corrected chi connectivity index (χ4v) is 6.49. The minimum absolute atomic E-state index is 0.00540. The fraction of sp³-hybridized carbons (Fsp3) is 0.686. The number of nitrogens with one attached hydrogen (secondary N) is 2. The molecule has 0 spiro atoms. The predicted molar refractivity (Wildman–Crippen MR) is 177 cm³/mol. The lowest BCUT2D eigenvalue weighted by Crippen LogP contribution is -2.60. The molecular formula is C35H56N6O4. The lowest BCUT2D eigenvalue weighted by molar-refractivity contribution is -0.142. The number of likely N-dealkylation sites (N-methyl/N-ethyl adjacent to an activating group) is 1. The number of hydrogen-bond donors (Lipinski definition) is 2. The number of likely N-dealkylation sites (tertiary alicyclic amines) is 2. The summed E-state index contributed by atoms with van der Waals surface area (Å²) in [6.45, 7) is 17.6. The summed E-state index contributed by atoms with van der Waals surface area (Å²) in [4.78, 5) is 64.1. The van der Waals surface area contributed by atoms with Crippen molar-refractivity contribution in [3.8, 4) is 0 Å². The minimum Gasteiger partial charge on any atom is -0.350 e. The van der Waals surface area contributed by atoms with Gasteiger partial charge in [0.15, 0.2) is 0 Å². The van der Waals surface area contributed by atoms with Crippen molar-refractivity contribution in [1.82, 2.24) is 30.3 Å². The van der Waals surface area contributed by atoms with Crippen LogP contribution in [0.15, 0.2) is 36.2 Å². The monoisotopic (exact) mass is 624 g/mol. The van der Waals surface area contributed by atoms with Crippen LogP contribution in [0.2, 0.25) is 0 Å². The molecule has 1 aromatic heterocycles. The molecule has 2 saturated heterocycles. The van der Waals surface area contributed by atoms with Gasteiger partial charge in [0.05, 0.1) is 12.1 Å². The van der Waals surface area contributed by atoms with Crippen LogP contribution in [0.4, 0.5) is 0 Å². The summed E-state index contributed by atoms with van der Waals surface area (Å²) in [5.74, 6) is -0.653. The Morgan fingerprint density at radius 3 is 2.22 bits per heavy atom. The smallest absolute Gasteiger partial charge is 0.249 e. The van der Waals surface area contributed by atoms with Crippen LogP contribution in [-0.4, -0.2) is 93.7 Å². The number of nitrogens with zero attached hydrogens (tertiary/aromatic N) is 4. The molecule has 0 saturated carbocycles. The van der Waals surface area contributed by atoms with E-state index in [4.69, 9.17) is 0 Å². The van der Waals surface area contributed by atoms with E-state index in [2.05, 4.69) is 34.4 Å². The van der Waals surface area contributed by atoms with Gasteiger partial charge in [0.2, 0.25) is 23.6 Å². The zero-order chi connectivity index (χ0) is 33.5. The molecule has 250 valence electrons. The summed E-state index contributed by atoms with van der Waals surface area (Å²) in [5, 5.41) is 6.09. The first kappa shape index (κ1) is 36.2. The van der Waals surface area contributed by atoms with Gasteiger partial charge in [-0.25, -0.2) is 0 Å². The van der Waals surface area contributed by atoms with E-state index in [-0.39, 0.29) is 47.7 Å². The third kappa shape index (κ3) is 9.37. The van der Waals surface area contributed by atoms with Crippen molar-refractivity contribution in [2.45, 2.75) is 124 Å². The van der Waals surface area contributed by atoms with Gasteiger partial charge in [0.25, 0.3) is 0 Å². The van der Waals surface area contributed by atoms with Crippen molar-refractivity contribution in [2.24, 2.45) is 11.3 Å². The first-order valence-corrected chi connectivity index (χ1v) is 16.6. The summed E-state index contributed by atoms with van der Waals surface area (Å²) in [6.07, 6.45) is 9.41. The van der Waals surface area contributed by atoms with Gasteiger partial charge in [-0.2, -0.15) is 0 Å². The van der Waals surface area contributed by atoms with Crippen LogP contribution in [0, 0.1) is 11.3 Å². The van der Waals surface area contributed by atoms with Crippen LogP contribution < -0.4 is 10.6 Å². The number of amides is 4. The maximum absolute atomic E-state index is 14.1. The topological polar surface area (TPSA) is 115 Å². The molecule has 2 fully saturated rings. The van der Waals surface area contributed by atoms with Gasteiger partial charge in [-0.05, 0) is 82.0 Å². The largest absolute Gasteiger partial charge is 0.350 e. The highest BCUT2D eigenvalue weighted by Crippen LogP contribution is 2.27. The summed E-state index contributed by atoms with van der Waals surface area (Å²) in [5.41, 5.74) is 0.910. The molecule has 2 aliphatic rings. The van der Waals surface area contributed by atoms with Gasteiger partial charge in [-0.3, -0.25) is 29.1 Å². The van der Waals surface area contributed by atoms with Crippen molar-refractivity contribution in [3.63, 3.8) is 0 Å². The second-order valence-corrected chi connectivity index (χ2v) is 14.4. The Balaban J connectivity index is 1.75. The lowest BCUT2D eigenvalue weighted by Gasteiger charge is -2.41. The molecule has 2 N–H and O–H groups in total. The molecule has 4 atom stereocenters. The molecule has 0 aliphatic carbocycles. The Hall–Kier alpha value is -3.27. The zero-order valence-electron chi connectivity index (χ0n) is 28.9. The zero-order valence-corrected chi connectivity index (χ0v) is 28.9. The maximum atomic E-state index is 14.1. The summed E-state index contributed by atoms with van der Waals surface area (Å²) in [7, 11) is 1.75. The number of carbonyl (C=O) groups is 4. The van der Waals surface area contributed by atoms with Crippen LogP contribution in [0.5, 0.6) is 0 Å². The van der Waals surface area contributed by atoms with Crippen molar-refractivity contribution >= 4 is 23.6 Å². The van der Waals surface area contributed by atoms with Crippen molar-refractivity contribution in [3.05, 3.63) is 41.7 Å². The Kier molecular flexibility index (Phi) is 12.7. The number of aromatic nitrogens is 1. The Labute approximate surface area is 270 Å². The molecule has 0 bridgehead atoms. The van der Waals surface area contributed by atoms with E-state index in [1.165, 1.54) is 0 Å². The molecule has 0 aromatic carbocycles. The van der Waals surface area contributed by atoms with E-state index < -0.39 is 17.5 Å². The standard InChI is InChI=1S/C35H56N6O4/c1-23(2)29(21-25(5)33(44)41-20-12-14-27(41)31(42)37-22-26-15-17-36-18-16-26)39(9)34(45)30(35(6,7)8)38-32(43)28-13-10-11-19-40(28)24(3)4/h15-18,21,23-24,27-30H,10-14,19-20,22H2,1-9H3,(H,37,42)(H,38,43)/b25-21+/t27?,28?,29-,30?/m1/s1. The van der Waals surface area contributed by atoms with E-state index >= 15 is 0 Å². The summed E-state index contributed by atoms with van der Waals surface area (Å²) >= 11 is 0. The molecular weight excluding hydrogens is 568 g/mol. The van der Waals surface area contributed by atoms with E-state index in [0.29, 0.717) is 25.1 Å². The first-order chi connectivity index (χ1) is 21.1. The molecule has 10 heteroatoms. The third-order valence-electron chi connectivity index (χ3n) is 9.18. The van der Waals surface area contributed by atoms with E-state index in [1.54, 1.807) is 36.2 Å². The van der Waals surface area contributed by atoms with Crippen LogP contribution in [0.25, 0.3) is 0 Å². The summed E-state index contributed by atoms with van der Waals surface area (Å²) in [6, 6.07) is 2.03. The van der Waals surface area contributed by atoms with Gasteiger partial charge in [0, 0.05) is 44.1 Å². The maximum Gasteiger partial charge on any atom is 0.249 e. The fourth-order valence-electron chi connectivity index (χ4n) is 6.49. The van der Waals surface area contributed by atoms with Crippen LogP contribution in [0.1, 0.15) is 93.1 Å². The highest BCUT2D eigenvalue weighted by molar-refractivity contribution is 5.97. The van der Waals surface area contributed by atoms with Gasteiger partial charge < -0.3 is 20.4 Å². The van der Waals surface area contributed by atoms with Gasteiger partial charge in [0.1, 0.15) is 12.1 Å². The van der Waals surface area contributed by atoms with Crippen LogP contribution in [-0.2, 0) is 25.7 Å². The van der Waals surface area contributed by atoms with Crippen molar-refractivity contribution in [2.75, 3.05) is 20.1 Å². The molecule has 10 nitrogen and oxygen atoms in total. The van der Waals surface area contributed by atoms with Gasteiger partial charge >= 0.3 is 0 Å². The van der Waals surface area contributed by atoms with Crippen LogP contribution >= 0.6 is 0 Å². The number of pyridine rings is 1. The van der Waals surface area contributed by atoms with E-state index in [9.17, 15) is 19.2 Å². The molecule has 3 rings (SSSR count). The van der Waals surface area contributed by atoms with E-state index in [1.807, 2.05) is 52.8 Å². The Morgan fingerprint density at radius 1 is 0.978 bits per heavy atom. The predicted octanol–water partition coefficient (Wildman–Crippen LogP) is 3.91. The Morgan fingerprint density at radius 2 is 1.62 bits per heavy atom. The highest BCUT2D eigenvalue weighted by Gasteiger charge is 2.40.